The van der Waals surface area contributed by atoms with E-state index in [9.17, 15) is 0 Å². The highest BCUT2D eigenvalue weighted by atomic mass is 14.3. The van der Waals surface area contributed by atoms with Crippen LogP contribution >= 0.6 is 0 Å². The molecule has 2 rings (SSSR count). The van der Waals surface area contributed by atoms with Gasteiger partial charge in [-0.25, -0.2) is 0 Å². The van der Waals surface area contributed by atoms with Crippen molar-refractivity contribution in [1.29, 1.82) is 0 Å². The molecule has 0 aliphatic heterocycles. The van der Waals surface area contributed by atoms with Gasteiger partial charge in [0.25, 0.3) is 0 Å². The fraction of sp³-hybridized carbons (Fsp3) is 0.600. The van der Waals surface area contributed by atoms with Crippen LogP contribution in [0.1, 0.15) is 55.4 Å². The molecule has 0 saturated heterocycles. The largest absolute Gasteiger partial charge is 0.0625 e. The van der Waals surface area contributed by atoms with Gasteiger partial charge in [0.15, 0.2) is 0 Å². The van der Waals surface area contributed by atoms with Crippen LogP contribution in [0.25, 0.3) is 0 Å². The van der Waals surface area contributed by atoms with Crippen molar-refractivity contribution >= 4 is 0 Å². The number of aryl methyl sites for hydroxylation is 1. The summed E-state index contributed by atoms with van der Waals surface area (Å²) < 4.78 is 0. The average molecular weight is 202 g/mol. The van der Waals surface area contributed by atoms with E-state index >= 15 is 0 Å². The van der Waals surface area contributed by atoms with Crippen molar-refractivity contribution in [3.05, 3.63) is 34.4 Å². The first-order chi connectivity index (χ1) is 7.09. The van der Waals surface area contributed by atoms with Gasteiger partial charge in [-0.1, -0.05) is 32.9 Å². The molecule has 0 fully saturated rings. The third-order valence-electron chi connectivity index (χ3n) is 3.67. The van der Waals surface area contributed by atoms with Gasteiger partial charge in [0.05, 0.1) is 0 Å². The fourth-order valence-electron chi connectivity index (χ4n) is 2.79. The molecule has 1 aromatic carbocycles. The van der Waals surface area contributed by atoms with Crippen LogP contribution in [0.4, 0.5) is 0 Å². The van der Waals surface area contributed by atoms with Crippen LogP contribution < -0.4 is 0 Å². The van der Waals surface area contributed by atoms with Gasteiger partial charge in [-0.3, -0.25) is 0 Å². The first kappa shape index (κ1) is 10.7. The summed E-state index contributed by atoms with van der Waals surface area (Å²) in [4.78, 5) is 0. The summed E-state index contributed by atoms with van der Waals surface area (Å²) in [6.07, 6.45) is 3.91. The second-order valence-corrected chi connectivity index (χ2v) is 5.47. The summed E-state index contributed by atoms with van der Waals surface area (Å²) >= 11 is 0. The second-order valence-electron chi connectivity index (χ2n) is 5.47. The molecule has 82 valence electrons. The van der Waals surface area contributed by atoms with Crippen LogP contribution in [0.5, 0.6) is 0 Å². The van der Waals surface area contributed by atoms with E-state index in [0.717, 1.165) is 11.8 Å². The van der Waals surface area contributed by atoms with Crippen LogP contribution in [0.2, 0.25) is 0 Å². The Morgan fingerprint density at radius 1 is 1.33 bits per heavy atom. The second kappa shape index (κ2) is 4.00. The van der Waals surface area contributed by atoms with E-state index < -0.39 is 0 Å². The summed E-state index contributed by atoms with van der Waals surface area (Å²) in [5, 5.41) is 0. The average Bonchev–Trinajstić information content (AvgIpc) is 2.52. The molecule has 0 amide bonds. The smallest absolute Gasteiger partial charge is 0.0184 e. The Balaban J connectivity index is 2.44. The minimum absolute atomic E-state index is 0.770. The van der Waals surface area contributed by atoms with Crippen molar-refractivity contribution < 1.29 is 0 Å². The van der Waals surface area contributed by atoms with E-state index in [1.807, 2.05) is 0 Å². The molecule has 0 saturated carbocycles. The van der Waals surface area contributed by atoms with Crippen molar-refractivity contribution in [2.45, 2.75) is 52.9 Å². The number of rotatable bonds is 2. The monoisotopic (exact) mass is 202 g/mol. The van der Waals surface area contributed by atoms with Gasteiger partial charge in [-0.05, 0) is 60.3 Å². The maximum Gasteiger partial charge on any atom is -0.0184 e. The number of fused-ring (bicyclic) bond motifs is 1. The zero-order chi connectivity index (χ0) is 11.0. The molecule has 0 spiro atoms. The zero-order valence-electron chi connectivity index (χ0n) is 10.4. The Morgan fingerprint density at radius 2 is 2.07 bits per heavy atom. The summed E-state index contributed by atoms with van der Waals surface area (Å²) in [6, 6.07) is 4.67. The quantitative estimate of drug-likeness (QED) is 0.673. The van der Waals surface area contributed by atoms with Gasteiger partial charge in [-0.2, -0.15) is 0 Å². The topological polar surface area (TPSA) is 0 Å². The molecule has 1 aromatic rings. The lowest BCUT2D eigenvalue weighted by molar-refractivity contribution is 0.640. The molecule has 0 aromatic heterocycles. The van der Waals surface area contributed by atoms with E-state index in [1.54, 1.807) is 16.7 Å². The van der Waals surface area contributed by atoms with Crippen molar-refractivity contribution in [2.24, 2.45) is 5.92 Å². The maximum absolute atomic E-state index is 2.36. The number of hydrogen-bond acceptors (Lipinski definition) is 0. The molecule has 1 aliphatic rings. The fourth-order valence-corrected chi connectivity index (χ4v) is 2.79. The third kappa shape index (κ3) is 1.95. The lowest BCUT2D eigenvalue weighted by Crippen LogP contribution is -2.02. The van der Waals surface area contributed by atoms with Gasteiger partial charge >= 0.3 is 0 Å². The van der Waals surface area contributed by atoms with E-state index in [1.165, 1.54) is 24.8 Å². The van der Waals surface area contributed by atoms with E-state index in [4.69, 9.17) is 0 Å². The minimum atomic E-state index is 0.770. The Morgan fingerprint density at radius 3 is 2.73 bits per heavy atom. The van der Waals surface area contributed by atoms with Crippen LogP contribution in [-0.4, -0.2) is 0 Å². The molecule has 0 radical (unpaired) electrons. The van der Waals surface area contributed by atoms with Crippen LogP contribution in [0.3, 0.4) is 0 Å². The van der Waals surface area contributed by atoms with Gasteiger partial charge in [0.1, 0.15) is 0 Å². The Hall–Kier alpha value is -0.780. The van der Waals surface area contributed by atoms with Crippen LogP contribution in [-0.2, 0) is 12.8 Å². The predicted molar refractivity (Wildman–Crippen MR) is 66.5 cm³/mol. The SMILES string of the molecule is Cc1ccc2c(c1CC(C)C)CCC2C. The van der Waals surface area contributed by atoms with E-state index in [0.29, 0.717) is 0 Å². The standard InChI is InChI=1S/C15H22/c1-10(2)9-15-12(4)5-7-13-11(3)6-8-14(13)15/h5,7,10-11H,6,8-9H2,1-4H3. The molecular weight excluding hydrogens is 180 g/mol. The Labute approximate surface area is 93.7 Å². The van der Waals surface area contributed by atoms with Crippen molar-refractivity contribution in [3.63, 3.8) is 0 Å². The molecule has 0 bridgehead atoms. The molecule has 15 heavy (non-hydrogen) atoms. The molecule has 0 heterocycles. The third-order valence-corrected chi connectivity index (χ3v) is 3.67. The predicted octanol–water partition coefficient (Wildman–Crippen LogP) is 4.24. The van der Waals surface area contributed by atoms with Gasteiger partial charge < -0.3 is 0 Å². The van der Waals surface area contributed by atoms with Crippen LogP contribution in [0.15, 0.2) is 12.1 Å². The maximum atomic E-state index is 2.36. The molecule has 0 heteroatoms. The Kier molecular flexibility index (Phi) is 2.86. The Bertz CT molecular complexity index is 361. The van der Waals surface area contributed by atoms with Gasteiger partial charge in [0.2, 0.25) is 0 Å². The molecule has 1 unspecified atom stereocenters. The summed E-state index contributed by atoms with van der Waals surface area (Å²) in [7, 11) is 0. The van der Waals surface area contributed by atoms with Crippen molar-refractivity contribution in [3.8, 4) is 0 Å². The number of benzene rings is 1. The summed E-state index contributed by atoms with van der Waals surface area (Å²) in [6.45, 7) is 9.26. The van der Waals surface area contributed by atoms with Crippen LogP contribution in [0, 0.1) is 12.8 Å². The molecular formula is C15H22. The van der Waals surface area contributed by atoms with Gasteiger partial charge in [-0.15, -0.1) is 0 Å². The summed E-state index contributed by atoms with van der Waals surface area (Å²) in [5.74, 6) is 1.55. The minimum Gasteiger partial charge on any atom is -0.0625 e. The molecule has 0 nitrogen and oxygen atoms in total. The molecule has 0 N–H and O–H groups in total. The lowest BCUT2D eigenvalue weighted by atomic mass is 9.91. The van der Waals surface area contributed by atoms with Crippen molar-refractivity contribution in [2.75, 3.05) is 0 Å². The summed E-state index contributed by atoms with van der Waals surface area (Å²) in [5.41, 5.74) is 6.44. The normalized spacial score (nSPS) is 19.7. The van der Waals surface area contributed by atoms with Gasteiger partial charge in [0, 0.05) is 0 Å². The highest BCUT2D eigenvalue weighted by molar-refractivity contribution is 5.45. The molecule has 1 aliphatic carbocycles. The first-order valence-corrected chi connectivity index (χ1v) is 6.21. The highest BCUT2D eigenvalue weighted by Crippen LogP contribution is 2.36. The molecule has 1 atom stereocenters. The van der Waals surface area contributed by atoms with Crippen molar-refractivity contribution in [1.82, 2.24) is 0 Å². The first-order valence-electron chi connectivity index (χ1n) is 6.21. The number of hydrogen-bond donors (Lipinski definition) is 0. The lowest BCUT2D eigenvalue weighted by Gasteiger charge is -2.15. The highest BCUT2D eigenvalue weighted by Gasteiger charge is 2.22. The van der Waals surface area contributed by atoms with E-state index in [2.05, 4.69) is 39.8 Å². The van der Waals surface area contributed by atoms with E-state index in [-0.39, 0.29) is 0 Å². The zero-order valence-corrected chi connectivity index (χ0v) is 10.4.